The molecule has 0 aromatic heterocycles. The largest absolute Gasteiger partial charge is 0.490 e. The van der Waals surface area contributed by atoms with E-state index in [1.165, 1.54) is 0 Å². The van der Waals surface area contributed by atoms with Crippen LogP contribution in [0.5, 0.6) is 0 Å². The molecule has 0 aliphatic heterocycles. The van der Waals surface area contributed by atoms with Gasteiger partial charge in [-0.1, -0.05) is 6.92 Å². The monoisotopic (exact) mass is 411 g/mol. The molecule has 16 heteroatoms. The number of hydrogen-bond acceptors (Lipinski definition) is 4. The predicted molar refractivity (Wildman–Crippen MR) is 61.6 cm³/mol. The number of nitriles is 1. The molecule has 0 radical (unpaired) electrons. The first kappa shape index (κ1) is 31.1. The van der Waals surface area contributed by atoms with Crippen LogP contribution in [0.2, 0.25) is 0 Å². The molecule has 3 N–H and O–H groups in total. The third-order valence-corrected chi connectivity index (χ3v) is 1.09. The van der Waals surface area contributed by atoms with Gasteiger partial charge in [0, 0.05) is 6.42 Å². The third kappa shape index (κ3) is 29.3. The van der Waals surface area contributed by atoms with Crippen molar-refractivity contribution in [2.75, 3.05) is 0 Å². The molecule has 7 nitrogen and oxygen atoms in total. The predicted octanol–water partition coefficient (Wildman–Crippen LogP) is 3.21. The number of hydrogen-bond donors (Lipinski definition) is 3. The standard InChI is InChI=1S/C4H7N.3C2HF3O2/c1-2-3-4-5;3*3-2(4,5)1(6)7/h2-3H2,1H3;3*(H,6,7). The second-order valence-electron chi connectivity index (χ2n) is 3.32. The molecule has 0 heterocycles. The maximum Gasteiger partial charge on any atom is 0.490 e. The molecule has 0 aliphatic carbocycles. The summed E-state index contributed by atoms with van der Waals surface area (Å²) >= 11 is 0. The average Bonchev–Trinajstić information content (AvgIpc) is 2.38. The number of alkyl halides is 9. The smallest absolute Gasteiger partial charge is 0.475 e. The fourth-order valence-corrected chi connectivity index (χ4v) is 0.112. The summed E-state index contributed by atoms with van der Waals surface area (Å²) in [7, 11) is 0. The SMILES string of the molecule is CCCC#N.O=C(O)C(F)(F)F.O=C(O)C(F)(F)F.O=C(O)C(F)(F)F. The molecule has 0 saturated carbocycles. The van der Waals surface area contributed by atoms with Crippen molar-refractivity contribution < 1.29 is 69.2 Å². The summed E-state index contributed by atoms with van der Waals surface area (Å²) in [6.45, 7) is 1.99. The lowest BCUT2D eigenvalue weighted by molar-refractivity contribution is -0.193. The molecule has 26 heavy (non-hydrogen) atoms. The first-order valence-corrected chi connectivity index (χ1v) is 5.52. The molecule has 0 unspecified atom stereocenters. The van der Waals surface area contributed by atoms with Crippen molar-refractivity contribution >= 4 is 17.9 Å². The van der Waals surface area contributed by atoms with Gasteiger partial charge in [0.25, 0.3) is 0 Å². The quantitative estimate of drug-likeness (QED) is 0.564. The summed E-state index contributed by atoms with van der Waals surface area (Å²) in [5.74, 6) is -8.27. The lowest BCUT2D eigenvalue weighted by Gasteiger charge is -1.93. The number of aliphatic carboxylic acids is 3. The van der Waals surface area contributed by atoms with Crippen LogP contribution in [0.4, 0.5) is 39.5 Å². The zero-order valence-electron chi connectivity index (χ0n) is 12.3. The van der Waals surface area contributed by atoms with Gasteiger partial charge in [0.15, 0.2) is 0 Å². The Morgan fingerprint density at radius 1 is 0.731 bits per heavy atom. The lowest BCUT2D eigenvalue weighted by Crippen LogP contribution is -2.21. The van der Waals surface area contributed by atoms with Gasteiger partial charge < -0.3 is 15.3 Å². The minimum atomic E-state index is -5.08. The van der Waals surface area contributed by atoms with Crippen molar-refractivity contribution in [1.29, 1.82) is 5.26 Å². The first-order valence-electron chi connectivity index (χ1n) is 5.52. The van der Waals surface area contributed by atoms with E-state index in [0.717, 1.165) is 6.42 Å². The second-order valence-corrected chi connectivity index (χ2v) is 3.32. The number of rotatable bonds is 1. The highest BCUT2D eigenvalue weighted by Crippen LogP contribution is 2.14. The van der Waals surface area contributed by atoms with Gasteiger partial charge in [-0.2, -0.15) is 44.8 Å². The molecule has 0 aliphatic rings. The molecule has 0 atom stereocenters. The third-order valence-electron chi connectivity index (χ3n) is 1.09. The average molecular weight is 411 g/mol. The second kappa shape index (κ2) is 13.5. The van der Waals surface area contributed by atoms with Crippen LogP contribution in [0.3, 0.4) is 0 Å². The zero-order chi connectivity index (χ0) is 22.4. The molecule has 0 rings (SSSR count). The highest BCUT2D eigenvalue weighted by molar-refractivity contribution is 5.73. The van der Waals surface area contributed by atoms with Gasteiger partial charge in [0.2, 0.25) is 0 Å². The van der Waals surface area contributed by atoms with E-state index in [-0.39, 0.29) is 0 Å². The fourth-order valence-electron chi connectivity index (χ4n) is 0.112. The molecule has 0 amide bonds. The Balaban J connectivity index is -0.000000125. The summed E-state index contributed by atoms with van der Waals surface area (Å²) in [5, 5.41) is 29.2. The van der Waals surface area contributed by atoms with Gasteiger partial charge in [-0.05, 0) is 6.42 Å². The number of unbranched alkanes of at least 4 members (excludes halogenated alkanes) is 1. The number of nitrogens with zero attached hydrogens (tertiary/aromatic N) is 1. The summed E-state index contributed by atoms with van der Waals surface area (Å²) in [6, 6.07) is 2.02. The molecule has 0 aromatic rings. The molecular formula is C10H10F9NO6. The number of carbonyl (C=O) groups is 3. The van der Waals surface area contributed by atoms with Crippen molar-refractivity contribution in [3.05, 3.63) is 0 Å². The Kier molecular flexibility index (Phi) is 16.2. The van der Waals surface area contributed by atoms with E-state index in [0.29, 0.717) is 6.42 Å². The Labute approximate surface area is 138 Å². The molecule has 0 bridgehead atoms. The minimum absolute atomic E-state index is 0.694. The molecule has 154 valence electrons. The van der Waals surface area contributed by atoms with Crippen molar-refractivity contribution in [2.45, 2.75) is 38.3 Å². The number of halogens is 9. The van der Waals surface area contributed by atoms with E-state index in [2.05, 4.69) is 0 Å². The minimum Gasteiger partial charge on any atom is -0.475 e. The molecule has 0 aromatic carbocycles. The van der Waals surface area contributed by atoms with Crippen molar-refractivity contribution in [3.8, 4) is 6.07 Å². The maximum atomic E-state index is 10.6. The van der Waals surface area contributed by atoms with E-state index < -0.39 is 36.4 Å². The van der Waals surface area contributed by atoms with Gasteiger partial charge in [0.1, 0.15) is 0 Å². The highest BCUT2D eigenvalue weighted by atomic mass is 19.4. The highest BCUT2D eigenvalue weighted by Gasteiger charge is 2.39. The first-order chi connectivity index (χ1) is 11.2. The molecular weight excluding hydrogens is 401 g/mol. The Morgan fingerprint density at radius 2 is 0.885 bits per heavy atom. The van der Waals surface area contributed by atoms with Crippen molar-refractivity contribution in [3.63, 3.8) is 0 Å². The number of carboxylic acids is 3. The van der Waals surface area contributed by atoms with Gasteiger partial charge in [-0.25, -0.2) is 14.4 Å². The van der Waals surface area contributed by atoms with Crippen LogP contribution in [0.25, 0.3) is 0 Å². The fraction of sp³-hybridized carbons (Fsp3) is 0.600. The Bertz CT molecular complexity index is 418. The van der Waals surface area contributed by atoms with Crippen LogP contribution < -0.4 is 0 Å². The van der Waals surface area contributed by atoms with Crippen LogP contribution in [0.15, 0.2) is 0 Å². The van der Waals surface area contributed by atoms with Crippen molar-refractivity contribution in [2.24, 2.45) is 0 Å². The van der Waals surface area contributed by atoms with Gasteiger partial charge >= 0.3 is 36.4 Å². The van der Waals surface area contributed by atoms with Crippen LogP contribution >= 0.6 is 0 Å². The van der Waals surface area contributed by atoms with E-state index in [9.17, 15) is 39.5 Å². The van der Waals surface area contributed by atoms with Crippen LogP contribution in [-0.2, 0) is 14.4 Å². The maximum absolute atomic E-state index is 10.6. The Morgan fingerprint density at radius 3 is 0.885 bits per heavy atom. The van der Waals surface area contributed by atoms with Gasteiger partial charge in [-0.3, -0.25) is 0 Å². The van der Waals surface area contributed by atoms with Gasteiger partial charge in [0.05, 0.1) is 6.07 Å². The van der Waals surface area contributed by atoms with Crippen LogP contribution in [0.1, 0.15) is 19.8 Å². The number of carboxylic acid groups (broad SMARTS) is 3. The van der Waals surface area contributed by atoms with Gasteiger partial charge in [-0.15, -0.1) is 0 Å². The lowest BCUT2D eigenvalue weighted by atomic mass is 10.4. The van der Waals surface area contributed by atoms with Crippen molar-refractivity contribution in [1.82, 2.24) is 0 Å². The van der Waals surface area contributed by atoms with E-state index in [4.69, 9.17) is 35.0 Å². The Hall–Kier alpha value is -2.73. The van der Waals surface area contributed by atoms with Crippen LogP contribution in [-0.4, -0.2) is 51.8 Å². The zero-order valence-corrected chi connectivity index (χ0v) is 12.3. The summed E-state index contributed by atoms with van der Waals surface area (Å²) < 4.78 is 95.2. The summed E-state index contributed by atoms with van der Waals surface area (Å²) in [5.41, 5.74) is 0. The normalized spacial score (nSPS) is 10.3. The molecule has 0 fully saturated rings. The van der Waals surface area contributed by atoms with Crippen LogP contribution in [0, 0.1) is 11.3 Å². The molecule has 0 saturated heterocycles. The van der Waals surface area contributed by atoms with E-state index >= 15 is 0 Å². The van der Waals surface area contributed by atoms with E-state index in [1.807, 2.05) is 13.0 Å². The molecule has 0 spiro atoms. The van der Waals surface area contributed by atoms with E-state index in [1.54, 1.807) is 0 Å². The summed E-state index contributed by atoms with van der Waals surface area (Å²) in [4.78, 5) is 26.7. The topological polar surface area (TPSA) is 136 Å². The summed E-state index contributed by atoms with van der Waals surface area (Å²) in [6.07, 6.45) is -13.6.